The van der Waals surface area contributed by atoms with Gasteiger partial charge in [-0.25, -0.2) is 9.78 Å². The number of H-pyrrole nitrogens is 2. The highest BCUT2D eigenvalue weighted by Gasteiger charge is 2.31. The summed E-state index contributed by atoms with van der Waals surface area (Å²) in [5, 5.41) is 18.3. The second-order valence-corrected chi connectivity index (χ2v) is 10.7. The maximum Gasteiger partial charge on any atom is 0.326 e. The Hall–Kier alpha value is -4.37. The average Bonchev–Trinajstić information content (AvgIpc) is 3.62. The van der Waals surface area contributed by atoms with Gasteiger partial charge < -0.3 is 42.5 Å². The van der Waals surface area contributed by atoms with E-state index in [1.54, 1.807) is 6.20 Å². The zero-order chi connectivity index (χ0) is 30.6. The van der Waals surface area contributed by atoms with Crippen LogP contribution < -0.4 is 27.4 Å². The number of nitrogens with one attached hydrogen (secondary N) is 5. The largest absolute Gasteiger partial charge is 0.480 e. The summed E-state index contributed by atoms with van der Waals surface area (Å²) in [5.41, 5.74) is 13.2. The molecule has 4 unspecified atom stereocenters. The fraction of sp³-hybridized carbons (Fsp3) is 0.407. The lowest BCUT2D eigenvalue weighted by Gasteiger charge is -2.25. The number of carboxylic acid groups (broad SMARTS) is 1. The zero-order valence-corrected chi connectivity index (χ0v) is 23.9. The van der Waals surface area contributed by atoms with E-state index >= 15 is 0 Å². The number of primary amides is 1. The van der Waals surface area contributed by atoms with Crippen LogP contribution in [-0.4, -0.2) is 85.8 Å². The molecule has 0 aliphatic rings. The monoisotopic (exact) mass is 600 g/mol. The van der Waals surface area contributed by atoms with Crippen molar-refractivity contribution < 1.29 is 29.1 Å². The number of fused-ring (bicyclic) bond motifs is 1. The van der Waals surface area contributed by atoms with Gasteiger partial charge in [-0.3, -0.25) is 19.2 Å². The summed E-state index contributed by atoms with van der Waals surface area (Å²) in [6, 6.07) is 2.72. The van der Waals surface area contributed by atoms with Crippen LogP contribution in [0.15, 0.2) is 43.0 Å². The van der Waals surface area contributed by atoms with Gasteiger partial charge in [0.25, 0.3) is 0 Å². The number of thioether (sulfide) groups is 1. The molecule has 3 aromatic rings. The summed E-state index contributed by atoms with van der Waals surface area (Å²) in [6.45, 7) is 0. The third-order valence-electron chi connectivity index (χ3n) is 6.61. The van der Waals surface area contributed by atoms with Crippen LogP contribution in [0.2, 0.25) is 0 Å². The third-order valence-corrected chi connectivity index (χ3v) is 7.25. The molecular formula is C27H36N8O6S. The molecule has 4 amide bonds. The number of nitrogens with zero attached hydrogens (tertiary/aromatic N) is 1. The van der Waals surface area contributed by atoms with Gasteiger partial charge in [-0.2, -0.15) is 11.8 Å². The van der Waals surface area contributed by atoms with Gasteiger partial charge in [0.1, 0.15) is 18.1 Å². The molecule has 15 heteroatoms. The number of carbonyl (C=O) groups excluding carboxylic acids is 4. The molecule has 4 atom stereocenters. The first-order chi connectivity index (χ1) is 20.1. The lowest BCUT2D eigenvalue weighted by molar-refractivity contribution is -0.142. The molecule has 14 nitrogen and oxygen atoms in total. The summed E-state index contributed by atoms with van der Waals surface area (Å²) in [7, 11) is 0. The number of carbonyl (C=O) groups is 5. The Morgan fingerprint density at radius 3 is 2.31 bits per heavy atom. The van der Waals surface area contributed by atoms with Gasteiger partial charge in [0, 0.05) is 48.3 Å². The van der Waals surface area contributed by atoms with Crippen LogP contribution in [0.25, 0.3) is 10.9 Å². The second-order valence-electron chi connectivity index (χ2n) is 9.76. The van der Waals surface area contributed by atoms with Crippen molar-refractivity contribution >= 4 is 52.3 Å². The number of nitrogens with two attached hydrogens (primary N) is 2. The SMILES string of the molecule is CSCCC(N)C(=O)NC(CCC(N)=O)C(=O)NC(Cc1c[nH]c2ccccc12)C(=O)NC(Cc1cnc[nH]1)C(=O)O. The summed E-state index contributed by atoms with van der Waals surface area (Å²) in [6.07, 6.45) is 6.39. The Bertz CT molecular complexity index is 1380. The number of hydrogen-bond donors (Lipinski definition) is 8. The number of amides is 4. The van der Waals surface area contributed by atoms with Crippen LogP contribution in [0.3, 0.4) is 0 Å². The first-order valence-corrected chi connectivity index (χ1v) is 14.7. The van der Waals surface area contributed by atoms with Crippen LogP contribution in [0.5, 0.6) is 0 Å². The van der Waals surface area contributed by atoms with E-state index < -0.39 is 53.8 Å². The van der Waals surface area contributed by atoms with Crippen molar-refractivity contribution in [1.29, 1.82) is 0 Å². The van der Waals surface area contributed by atoms with Gasteiger partial charge in [0.2, 0.25) is 23.6 Å². The number of aromatic nitrogens is 3. The molecule has 0 fully saturated rings. The topological polar surface area (TPSA) is 238 Å². The van der Waals surface area contributed by atoms with E-state index in [0.717, 1.165) is 10.9 Å². The first-order valence-electron chi connectivity index (χ1n) is 13.3. The number of carboxylic acids is 1. The zero-order valence-electron chi connectivity index (χ0n) is 23.1. The lowest BCUT2D eigenvalue weighted by atomic mass is 10.0. The van der Waals surface area contributed by atoms with E-state index in [4.69, 9.17) is 11.5 Å². The molecule has 0 aliphatic heterocycles. The lowest BCUT2D eigenvalue weighted by Crippen LogP contribution is -2.58. The molecule has 0 saturated heterocycles. The molecule has 0 spiro atoms. The predicted octanol–water partition coefficient (Wildman–Crippen LogP) is -0.439. The van der Waals surface area contributed by atoms with Crippen molar-refractivity contribution in [3.8, 4) is 0 Å². The first kappa shape index (κ1) is 32.1. The number of aliphatic carboxylic acids is 1. The molecule has 0 bridgehead atoms. The Kier molecular flexibility index (Phi) is 11.9. The summed E-state index contributed by atoms with van der Waals surface area (Å²) in [5.74, 6) is -3.41. The van der Waals surface area contributed by atoms with Crippen molar-refractivity contribution in [3.63, 3.8) is 0 Å². The number of benzene rings is 1. The minimum atomic E-state index is -1.32. The Balaban J connectivity index is 1.84. The molecule has 0 aliphatic carbocycles. The molecule has 42 heavy (non-hydrogen) atoms. The van der Waals surface area contributed by atoms with Gasteiger partial charge in [0.05, 0.1) is 12.4 Å². The maximum absolute atomic E-state index is 13.5. The van der Waals surface area contributed by atoms with Crippen molar-refractivity contribution in [1.82, 2.24) is 30.9 Å². The average molecular weight is 601 g/mol. The van der Waals surface area contributed by atoms with Crippen molar-refractivity contribution in [2.24, 2.45) is 11.5 Å². The van der Waals surface area contributed by atoms with Crippen molar-refractivity contribution in [3.05, 3.63) is 54.2 Å². The standard InChI is InChI=1S/C27H36N8O6S/c1-42-9-8-18(28)24(37)33-20(6-7-23(29)36)25(38)34-21(10-15-12-31-19-5-3-2-4-17(15)19)26(39)35-22(27(40)41)11-16-13-30-14-32-16/h2-5,12-14,18,20-22,31H,6-11,28H2,1H3,(H2,29,36)(H,30,32)(H,33,37)(H,34,38)(H,35,39)(H,40,41). The number of aromatic amines is 2. The van der Waals surface area contributed by atoms with Crippen LogP contribution in [-0.2, 0) is 36.8 Å². The number of hydrogen-bond acceptors (Lipinski definition) is 8. The van der Waals surface area contributed by atoms with Crippen molar-refractivity contribution in [2.45, 2.75) is 56.3 Å². The third kappa shape index (κ3) is 9.34. The summed E-state index contributed by atoms with van der Waals surface area (Å²) in [4.78, 5) is 72.9. The molecule has 226 valence electrons. The van der Waals surface area contributed by atoms with Crippen LogP contribution in [0, 0.1) is 0 Å². The minimum Gasteiger partial charge on any atom is -0.480 e. The quantitative estimate of drug-likeness (QED) is 0.100. The summed E-state index contributed by atoms with van der Waals surface area (Å²) >= 11 is 1.51. The van der Waals surface area contributed by atoms with Gasteiger partial charge >= 0.3 is 5.97 Å². The Labute approximate surface area is 246 Å². The molecule has 0 saturated carbocycles. The maximum atomic E-state index is 13.5. The minimum absolute atomic E-state index is 0.00169. The summed E-state index contributed by atoms with van der Waals surface area (Å²) < 4.78 is 0. The van der Waals surface area contributed by atoms with Gasteiger partial charge in [-0.05, 0) is 36.5 Å². The van der Waals surface area contributed by atoms with Crippen LogP contribution in [0.1, 0.15) is 30.5 Å². The highest BCUT2D eigenvalue weighted by atomic mass is 32.2. The van der Waals surface area contributed by atoms with Gasteiger partial charge in [-0.1, -0.05) is 18.2 Å². The van der Waals surface area contributed by atoms with E-state index in [9.17, 15) is 29.1 Å². The highest BCUT2D eigenvalue weighted by molar-refractivity contribution is 7.98. The molecule has 0 radical (unpaired) electrons. The fourth-order valence-electron chi connectivity index (χ4n) is 4.30. The molecule has 3 rings (SSSR count). The van der Waals surface area contributed by atoms with E-state index in [-0.39, 0.29) is 25.7 Å². The molecule has 2 heterocycles. The normalized spacial score (nSPS) is 14.0. The highest BCUT2D eigenvalue weighted by Crippen LogP contribution is 2.19. The number of para-hydroxylation sites is 1. The van der Waals surface area contributed by atoms with Gasteiger partial charge in [-0.15, -0.1) is 0 Å². The smallest absolute Gasteiger partial charge is 0.326 e. The molecule has 10 N–H and O–H groups in total. The van der Waals surface area contributed by atoms with Gasteiger partial charge in [0.15, 0.2) is 0 Å². The molecule has 1 aromatic carbocycles. The Morgan fingerprint density at radius 2 is 1.64 bits per heavy atom. The predicted molar refractivity (Wildman–Crippen MR) is 157 cm³/mol. The Morgan fingerprint density at radius 1 is 0.952 bits per heavy atom. The van der Waals surface area contributed by atoms with Crippen molar-refractivity contribution in [2.75, 3.05) is 12.0 Å². The van der Waals surface area contributed by atoms with E-state index in [1.807, 2.05) is 30.5 Å². The van der Waals surface area contributed by atoms with E-state index in [2.05, 4.69) is 30.9 Å². The number of imidazole rings is 1. The van der Waals surface area contributed by atoms with E-state index in [0.29, 0.717) is 23.4 Å². The second kappa shape index (κ2) is 15.6. The van der Waals surface area contributed by atoms with Crippen LogP contribution in [0.4, 0.5) is 0 Å². The fourth-order valence-corrected chi connectivity index (χ4v) is 4.79. The number of rotatable bonds is 17. The van der Waals surface area contributed by atoms with Crippen LogP contribution >= 0.6 is 11.8 Å². The molecular weight excluding hydrogens is 564 g/mol. The molecule has 2 aromatic heterocycles. The van der Waals surface area contributed by atoms with E-state index in [1.165, 1.54) is 24.3 Å².